The van der Waals surface area contributed by atoms with E-state index >= 15 is 0 Å². The second-order valence-electron chi connectivity index (χ2n) is 8.33. The summed E-state index contributed by atoms with van der Waals surface area (Å²) in [7, 11) is 1.34. The van der Waals surface area contributed by atoms with Gasteiger partial charge in [0.2, 0.25) is 5.12 Å². The highest BCUT2D eigenvalue weighted by atomic mass is 32.2. The third kappa shape index (κ3) is 6.50. The van der Waals surface area contributed by atoms with E-state index in [0.29, 0.717) is 5.56 Å². The Morgan fingerprint density at radius 3 is 1.86 bits per heavy atom. The molecule has 6 nitrogen and oxygen atoms in total. The summed E-state index contributed by atoms with van der Waals surface area (Å²) in [6.45, 7) is 4.93. The smallest absolute Gasteiger partial charge is 0.426 e. The Labute approximate surface area is 203 Å². The van der Waals surface area contributed by atoms with Crippen LogP contribution >= 0.6 is 11.8 Å². The van der Waals surface area contributed by atoms with Crippen LogP contribution in [0, 0.1) is 0 Å². The Balaban J connectivity index is 2.33. The minimum absolute atomic E-state index is 0.0893. The van der Waals surface area contributed by atoms with Crippen molar-refractivity contribution in [3.8, 4) is 5.75 Å². The number of hydrogen-bond donors (Lipinski definition) is 0. The first kappa shape index (κ1) is 28.1. The zero-order valence-electron chi connectivity index (χ0n) is 19.4. The lowest BCUT2D eigenvalue weighted by Crippen LogP contribution is -2.56. The van der Waals surface area contributed by atoms with Gasteiger partial charge in [-0.25, -0.2) is 10.0 Å². The molecule has 2 aromatic carbocycles. The highest BCUT2D eigenvalue weighted by Crippen LogP contribution is 2.37. The van der Waals surface area contributed by atoms with Gasteiger partial charge in [-0.2, -0.15) is 22.0 Å². The van der Waals surface area contributed by atoms with E-state index in [1.807, 2.05) is 0 Å². The van der Waals surface area contributed by atoms with Crippen molar-refractivity contribution in [2.75, 3.05) is 13.3 Å². The Hall–Kier alpha value is -3.15. The standard InChI is InChI=1S/C23H23F5N2O4S/c1-21(2,3)30(29(4)18(31)15-7-6-8-16(13-15)20(33)35-5)19(32)14-9-11-17(12-10-14)34-23(27,28)22(24,25)26/h6-13H,1-5H3. The van der Waals surface area contributed by atoms with Gasteiger partial charge in [0, 0.05) is 23.7 Å². The fraction of sp³-hybridized carbons (Fsp3) is 0.348. The largest absolute Gasteiger partial charge is 0.499 e. The average Bonchev–Trinajstić information content (AvgIpc) is 2.76. The molecule has 190 valence electrons. The number of carbonyl (C=O) groups is 3. The van der Waals surface area contributed by atoms with Gasteiger partial charge in [-0.1, -0.05) is 23.9 Å². The van der Waals surface area contributed by atoms with E-state index in [9.17, 15) is 36.3 Å². The summed E-state index contributed by atoms with van der Waals surface area (Å²) in [5.41, 5.74) is -0.593. The topological polar surface area (TPSA) is 66.9 Å². The Bertz CT molecular complexity index is 1100. The molecule has 2 rings (SSSR count). The molecule has 0 spiro atoms. The van der Waals surface area contributed by atoms with Gasteiger partial charge in [0.25, 0.3) is 11.8 Å². The van der Waals surface area contributed by atoms with Crippen LogP contribution in [0.3, 0.4) is 0 Å². The van der Waals surface area contributed by atoms with Gasteiger partial charge < -0.3 is 4.74 Å². The van der Waals surface area contributed by atoms with Crippen molar-refractivity contribution in [2.24, 2.45) is 0 Å². The molecule has 0 saturated carbocycles. The number of rotatable bonds is 5. The van der Waals surface area contributed by atoms with Gasteiger partial charge in [0.05, 0.1) is 5.54 Å². The number of hydrogen-bond acceptors (Lipinski definition) is 5. The van der Waals surface area contributed by atoms with Crippen LogP contribution < -0.4 is 4.74 Å². The number of hydrazine groups is 1. The zero-order chi connectivity index (χ0) is 26.8. The van der Waals surface area contributed by atoms with Crippen LogP contribution in [0.15, 0.2) is 48.5 Å². The van der Waals surface area contributed by atoms with Crippen molar-refractivity contribution in [1.82, 2.24) is 10.0 Å². The zero-order valence-corrected chi connectivity index (χ0v) is 20.3. The summed E-state index contributed by atoms with van der Waals surface area (Å²) >= 11 is 0.977. The van der Waals surface area contributed by atoms with Crippen molar-refractivity contribution >= 4 is 28.7 Å². The molecule has 0 heterocycles. The van der Waals surface area contributed by atoms with Crippen LogP contribution in [0.4, 0.5) is 22.0 Å². The first-order valence-electron chi connectivity index (χ1n) is 10.0. The number of ether oxygens (including phenoxy) is 1. The molecule has 0 bridgehead atoms. The first-order valence-corrected chi connectivity index (χ1v) is 11.3. The highest BCUT2D eigenvalue weighted by molar-refractivity contribution is 8.13. The van der Waals surface area contributed by atoms with Gasteiger partial charge in [0.1, 0.15) is 5.75 Å². The summed E-state index contributed by atoms with van der Waals surface area (Å²) in [5, 5.41) is 1.91. The lowest BCUT2D eigenvalue weighted by molar-refractivity contribution is -0.360. The summed E-state index contributed by atoms with van der Waals surface area (Å²) < 4.78 is 67.1. The SMILES string of the molecule is CSC(=O)c1cccc(C(=O)N(C)N(C(=O)c2ccc(OC(F)(F)C(F)(F)F)cc2)C(C)(C)C)c1. The average molecular weight is 519 g/mol. The fourth-order valence-corrected chi connectivity index (χ4v) is 3.42. The molecule has 2 amide bonds. The molecule has 2 aromatic rings. The van der Waals surface area contributed by atoms with Gasteiger partial charge >= 0.3 is 12.3 Å². The lowest BCUT2D eigenvalue weighted by atomic mass is 10.1. The quantitative estimate of drug-likeness (QED) is 0.378. The maximum Gasteiger partial charge on any atom is 0.499 e. The maximum absolute atomic E-state index is 13.3. The van der Waals surface area contributed by atoms with E-state index in [0.717, 1.165) is 46.0 Å². The highest BCUT2D eigenvalue weighted by Gasteiger charge is 2.61. The van der Waals surface area contributed by atoms with Crippen molar-refractivity contribution in [3.63, 3.8) is 0 Å². The third-order valence-corrected chi connectivity index (χ3v) is 5.24. The predicted octanol–water partition coefficient (Wildman–Crippen LogP) is 5.65. The third-order valence-electron chi connectivity index (χ3n) is 4.63. The number of benzene rings is 2. The lowest BCUT2D eigenvalue weighted by Gasteiger charge is -2.41. The summed E-state index contributed by atoms with van der Waals surface area (Å²) in [5.74, 6) is -2.13. The maximum atomic E-state index is 13.3. The molecule has 0 N–H and O–H groups in total. The summed E-state index contributed by atoms with van der Waals surface area (Å²) in [6.07, 6.45) is -9.72. The number of thioether (sulfide) groups is 1. The molecule has 0 radical (unpaired) electrons. The molecule has 0 aliphatic carbocycles. The molecule has 0 aliphatic heterocycles. The van der Waals surface area contributed by atoms with E-state index in [1.54, 1.807) is 33.1 Å². The Kier molecular flexibility index (Phi) is 8.21. The van der Waals surface area contributed by atoms with Crippen LogP contribution in [0.2, 0.25) is 0 Å². The number of alkyl halides is 5. The van der Waals surface area contributed by atoms with E-state index in [-0.39, 0.29) is 16.2 Å². The molecule has 0 atom stereocenters. The normalized spacial score (nSPS) is 12.2. The minimum Gasteiger partial charge on any atom is -0.426 e. The van der Waals surface area contributed by atoms with Crippen molar-refractivity contribution in [2.45, 2.75) is 38.6 Å². The number of halogens is 5. The minimum atomic E-state index is -5.91. The number of carbonyl (C=O) groups excluding carboxylic acids is 3. The molecule has 0 aromatic heterocycles. The van der Waals surface area contributed by atoms with E-state index in [2.05, 4.69) is 4.74 Å². The van der Waals surface area contributed by atoms with Crippen LogP contribution in [-0.4, -0.2) is 58.1 Å². The van der Waals surface area contributed by atoms with E-state index in [1.165, 1.54) is 25.2 Å². The molecule has 0 unspecified atom stereocenters. The molecule has 0 saturated heterocycles. The Morgan fingerprint density at radius 2 is 1.37 bits per heavy atom. The summed E-state index contributed by atoms with van der Waals surface area (Å²) in [6, 6.07) is 9.58. The molecule has 35 heavy (non-hydrogen) atoms. The first-order chi connectivity index (χ1) is 16.0. The van der Waals surface area contributed by atoms with Crippen LogP contribution in [-0.2, 0) is 0 Å². The van der Waals surface area contributed by atoms with Crippen molar-refractivity contribution in [3.05, 3.63) is 65.2 Å². The predicted molar refractivity (Wildman–Crippen MR) is 120 cm³/mol. The van der Waals surface area contributed by atoms with Crippen LogP contribution in [0.1, 0.15) is 51.8 Å². The number of amides is 2. The molecule has 0 aliphatic rings. The van der Waals surface area contributed by atoms with Crippen molar-refractivity contribution < 1.29 is 41.1 Å². The Morgan fingerprint density at radius 1 is 0.829 bits per heavy atom. The second kappa shape index (κ2) is 10.2. The fourth-order valence-electron chi connectivity index (χ4n) is 3.06. The van der Waals surface area contributed by atoms with E-state index < -0.39 is 35.4 Å². The monoisotopic (exact) mass is 518 g/mol. The van der Waals surface area contributed by atoms with Crippen molar-refractivity contribution in [1.29, 1.82) is 0 Å². The molecular weight excluding hydrogens is 495 g/mol. The molecule has 12 heteroatoms. The van der Waals surface area contributed by atoms with Gasteiger partial charge in [0.15, 0.2) is 0 Å². The second-order valence-corrected chi connectivity index (χ2v) is 9.11. The van der Waals surface area contributed by atoms with E-state index in [4.69, 9.17) is 0 Å². The van der Waals surface area contributed by atoms with Gasteiger partial charge in [-0.05, 0) is 63.4 Å². The van der Waals surface area contributed by atoms with Gasteiger partial charge in [-0.3, -0.25) is 14.4 Å². The van der Waals surface area contributed by atoms with Crippen LogP contribution in [0.25, 0.3) is 0 Å². The summed E-state index contributed by atoms with van der Waals surface area (Å²) in [4.78, 5) is 38.4. The van der Waals surface area contributed by atoms with Crippen LogP contribution in [0.5, 0.6) is 5.75 Å². The van der Waals surface area contributed by atoms with Gasteiger partial charge in [-0.15, -0.1) is 0 Å². The molecular formula is C23H23F5N2O4S. The number of nitrogens with zero attached hydrogens (tertiary/aromatic N) is 2. The molecule has 0 fully saturated rings.